The minimum Gasteiger partial charge on any atom is -0.387 e. The number of carbonyl (C=O) groups excluding carboxylic acids is 1. The van der Waals surface area contributed by atoms with Gasteiger partial charge in [-0.15, -0.1) is 0 Å². The van der Waals surface area contributed by atoms with Gasteiger partial charge in [0, 0.05) is 28.1 Å². The molecule has 1 amide bonds. The monoisotopic (exact) mass is 372 g/mol. The Morgan fingerprint density at radius 2 is 1.96 bits per heavy atom. The molecule has 1 heterocycles. The fourth-order valence-electron chi connectivity index (χ4n) is 2.52. The minimum atomic E-state index is -0.697. The first kappa shape index (κ1) is 15.8. The van der Waals surface area contributed by atoms with Gasteiger partial charge in [-0.25, -0.2) is 0 Å². The third-order valence-corrected chi connectivity index (χ3v) is 4.22. The average Bonchev–Trinajstić information content (AvgIpc) is 2.95. The molecule has 0 fully saturated rings. The molecule has 2 aromatic carbocycles. The van der Waals surface area contributed by atoms with Crippen LogP contribution < -0.4 is 5.32 Å². The van der Waals surface area contributed by atoms with Crippen LogP contribution in [0.15, 0.2) is 65.3 Å². The topological polar surface area (TPSA) is 54.3 Å². The Hall–Kier alpha value is -2.11. The van der Waals surface area contributed by atoms with E-state index in [0.717, 1.165) is 20.9 Å². The number of aliphatic hydroxyl groups excluding tert-OH is 1. The lowest BCUT2D eigenvalue weighted by molar-refractivity contribution is -0.122. The molecule has 23 heavy (non-hydrogen) atoms. The second kappa shape index (κ2) is 6.98. The van der Waals surface area contributed by atoms with E-state index in [1.54, 1.807) is 0 Å². The maximum atomic E-state index is 12.1. The fourth-order valence-corrected chi connectivity index (χ4v) is 2.90. The van der Waals surface area contributed by atoms with Crippen molar-refractivity contribution in [1.82, 2.24) is 9.88 Å². The van der Waals surface area contributed by atoms with Crippen molar-refractivity contribution in [1.29, 1.82) is 0 Å². The smallest absolute Gasteiger partial charge is 0.240 e. The molecule has 0 bridgehead atoms. The lowest BCUT2D eigenvalue weighted by Gasteiger charge is -2.13. The van der Waals surface area contributed by atoms with Crippen molar-refractivity contribution in [3.63, 3.8) is 0 Å². The third-order valence-electron chi connectivity index (χ3n) is 3.72. The van der Waals surface area contributed by atoms with Gasteiger partial charge in [-0.05, 0) is 29.8 Å². The maximum Gasteiger partial charge on any atom is 0.240 e. The summed E-state index contributed by atoms with van der Waals surface area (Å²) in [4.78, 5) is 12.1. The van der Waals surface area contributed by atoms with Crippen LogP contribution in [0.1, 0.15) is 11.7 Å². The predicted molar refractivity (Wildman–Crippen MR) is 94.0 cm³/mol. The van der Waals surface area contributed by atoms with Crippen molar-refractivity contribution in [3.8, 4) is 0 Å². The molecule has 1 aromatic heterocycles. The van der Waals surface area contributed by atoms with Gasteiger partial charge in [0.05, 0.1) is 6.10 Å². The van der Waals surface area contributed by atoms with Gasteiger partial charge in [-0.2, -0.15) is 0 Å². The van der Waals surface area contributed by atoms with Crippen LogP contribution >= 0.6 is 15.9 Å². The number of hydrogen-bond acceptors (Lipinski definition) is 2. The number of aromatic nitrogens is 1. The van der Waals surface area contributed by atoms with E-state index < -0.39 is 6.10 Å². The Kier molecular flexibility index (Phi) is 4.79. The predicted octanol–water partition coefficient (Wildman–Crippen LogP) is 3.25. The molecule has 0 spiro atoms. The molecule has 0 aliphatic heterocycles. The van der Waals surface area contributed by atoms with Gasteiger partial charge in [0.25, 0.3) is 0 Å². The van der Waals surface area contributed by atoms with Crippen molar-refractivity contribution in [2.75, 3.05) is 6.54 Å². The van der Waals surface area contributed by atoms with E-state index in [0.29, 0.717) is 0 Å². The first-order valence-electron chi connectivity index (χ1n) is 7.37. The zero-order valence-corrected chi connectivity index (χ0v) is 14.0. The maximum absolute atomic E-state index is 12.1. The molecule has 0 aliphatic rings. The van der Waals surface area contributed by atoms with Crippen molar-refractivity contribution >= 4 is 32.7 Å². The number of benzene rings is 2. The summed E-state index contributed by atoms with van der Waals surface area (Å²) in [5.41, 5.74) is 1.80. The number of hydrogen-bond donors (Lipinski definition) is 2. The Morgan fingerprint density at radius 1 is 1.17 bits per heavy atom. The van der Waals surface area contributed by atoms with Gasteiger partial charge >= 0.3 is 0 Å². The highest BCUT2D eigenvalue weighted by atomic mass is 79.9. The second-order valence-corrected chi connectivity index (χ2v) is 6.29. The van der Waals surface area contributed by atoms with Crippen LogP contribution in [-0.2, 0) is 11.3 Å². The number of amides is 1. The van der Waals surface area contributed by atoms with Gasteiger partial charge in [-0.1, -0.05) is 46.3 Å². The van der Waals surface area contributed by atoms with Gasteiger partial charge < -0.3 is 15.0 Å². The normalized spacial score (nSPS) is 12.3. The van der Waals surface area contributed by atoms with Crippen LogP contribution in [0.25, 0.3) is 10.9 Å². The molecule has 3 aromatic rings. The molecule has 4 nitrogen and oxygen atoms in total. The van der Waals surface area contributed by atoms with E-state index in [-0.39, 0.29) is 19.0 Å². The first-order valence-corrected chi connectivity index (χ1v) is 8.17. The summed E-state index contributed by atoms with van der Waals surface area (Å²) in [7, 11) is 0. The molecular formula is C18H17BrN2O2. The molecule has 0 saturated heterocycles. The number of halogens is 1. The Labute approximate surface area is 142 Å². The number of rotatable bonds is 5. The van der Waals surface area contributed by atoms with E-state index in [1.807, 2.05) is 65.4 Å². The summed E-state index contributed by atoms with van der Waals surface area (Å²) in [6, 6.07) is 17.2. The molecule has 0 saturated carbocycles. The van der Waals surface area contributed by atoms with Gasteiger partial charge in [0.1, 0.15) is 6.54 Å². The van der Waals surface area contributed by atoms with E-state index in [2.05, 4.69) is 21.2 Å². The summed E-state index contributed by atoms with van der Waals surface area (Å²) in [5.74, 6) is -0.125. The van der Waals surface area contributed by atoms with Crippen LogP contribution in [-0.4, -0.2) is 22.1 Å². The van der Waals surface area contributed by atoms with E-state index in [4.69, 9.17) is 0 Å². The zero-order chi connectivity index (χ0) is 16.2. The molecule has 3 rings (SSSR count). The molecule has 2 N–H and O–H groups in total. The van der Waals surface area contributed by atoms with Crippen LogP contribution in [0.2, 0.25) is 0 Å². The van der Waals surface area contributed by atoms with E-state index in [9.17, 15) is 9.90 Å². The fraction of sp³-hybridized carbons (Fsp3) is 0.167. The van der Waals surface area contributed by atoms with Gasteiger partial charge in [-0.3, -0.25) is 4.79 Å². The van der Waals surface area contributed by atoms with Crippen LogP contribution in [0, 0.1) is 0 Å². The summed E-state index contributed by atoms with van der Waals surface area (Å²) >= 11 is 3.44. The highest BCUT2D eigenvalue weighted by Gasteiger charge is 2.10. The van der Waals surface area contributed by atoms with Crippen molar-refractivity contribution in [2.24, 2.45) is 0 Å². The van der Waals surface area contributed by atoms with Crippen LogP contribution in [0.4, 0.5) is 0 Å². The number of aliphatic hydroxyl groups is 1. The summed E-state index contributed by atoms with van der Waals surface area (Å²) in [6.45, 7) is 0.431. The summed E-state index contributed by atoms with van der Waals surface area (Å²) < 4.78 is 2.91. The number of carbonyl (C=O) groups is 1. The van der Waals surface area contributed by atoms with Crippen molar-refractivity contribution < 1.29 is 9.90 Å². The average molecular weight is 373 g/mol. The Balaban J connectivity index is 1.60. The largest absolute Gasteiger partial charge is 0.387 e. The quantitative estimate of drug-likeness (QED) is 0.722. The zero-order valence-electron chi connectivity index (χ0n) is 12.4. The molecule has 1 atom stereocenters. The van der Waals surface area contributed by atoms with E-state index >= 15 is 0 Å². The lowest BCUT2D eigenvalue weighted by Crippen LogP contribution is -2.31. The summed E-state index contributed by atoms with van der Waals surface area (Å²) in [5, 5.41) is 13.9. The van der Waals surface area contributed by atoms with Crippen LogP contribution in [0.5, 0.6) is 0 Å². The van der Waals surface area contributed by atoms with E-state index in [1.165, 1.54) is 0 Å². The Bertz CT molecular complexity index is 814. The van der Waals surface area contributed by atoms with Crippen LogP contribution in [0.3, 0.4) is 0 Å². The molecular weight excluding hydrogens is 356 g/mol. The Morgan fingerprint density at radius 3 is 2.74 bits per heavy atom. The standard InChI is InChI=1S/C18H17BrN2O2/c19-15-6-7-16-14(10-15)8-9-21(16)12-18(23)20-11-17(22)13-4-2-1-3-5-13/h1-10,17,22H,11-12H2,(H,20,23). The van der Waals surface area contributed by atoms with Gasteiger partial charge in [0.2, 0.25) is 5.91 Å². The first-order chi connectivity index (χ1) is 11.1. The highest BCUT2D eigenvalue weighted by Crippen LogP contribution is 2.20. The molecule has 1 unspecified atom stereocenters. The number of nitrogens with zero attached hydrogens (tertiary/aromatic N) is 1. The number of nitrogens with one attached hydrogen (secondary N) is 1. The minimum absolute atomic E-state index is 0.125. The molecule has 5 heteroatoms. The second-order valence-electron chi connectivity index (χ2n) is 5.38. The van der Waals surface area contributed by atoms with Gasteiger partial charge in [0.15, 0.2) is 0 Å². The van der Waals surface area contributed by atoms with Crippen molar-refractivity contribution in [3.05, 3.63) is 70.8 Å². The van der Waals surface area contributed by atoms with Crippen molar-refractivity contribution in [2.45, 2.75) is 12.6 Å². The molecule has 118 valence electrons. The molecule has 0 radical (unpaired) electrons. The number of fused-ring (bicyclic) bond motifs is 1. The summed E-state index contributed by atoms with van der Waals surface area (Å²) in [6.07, 6.45) is 1.20. The lowest BCUT2D eigenvalue weighted by atomic mass is 10.1. The highest BCUT2D eigenvalue weighted by molar-refractivity contribution is 9.10. The SMILES string of the molecule is O=C(Cn1ccc2cc(Br)ccc21)NCC(O)c1ccccc1. The molecule has 0 aliphatic carbocycles. The third kappa shape index (κ3) is 3.81.